The SMILES string of the molecule is C1=CC(c2ccc(-c3nc(-c4ccc(-c5cccnc5)cc4)c4cc(-c5ccc6ccc7cccc8ccc5c6c78)cc(-c5ccc6ccc7cccc8ccc5c6c78)c4n3)cc2)CN=C1. The lowest BCUT2D eigenvalue weighted by molar-refractivity contribution is 0.846. The van der Waals surface area contributed by atoms with Gasteiger partial charge in [0.25, 0.3) is 0 Å². The molecule has 4 heteroatoms. The third-order valence-electron chi connectivity index (χ3n) is 14.0. The molecule has 0 radical (unpaired) electrons. The van der Waals surface area contributed by atoms with Gasteiger partial charge in [0.05, 0.1) is 11.2 Å². The van der Waals surface area contributed by atoms with E-state index in [1.807, 2.05) is 30.8 Å². The Morgan fingerprint density at radius 2 is 1.00 bits per heavy atom. The molecule has 0 saturated carbocycles. The van der Waals surface area contributed by atoms with Crippen molar-refractivity contribution in [3.05, 3.63) is 212 Å². The maximum atomic E-state index is 5.63. The number of rotatable bonds is 6. The van der Waals surface area contributed by atoms with Crippen molar-refractivity contribution < 1.29 is 0 Å². The first kappa shape index (κ1) is 36.8. The number of hydrogen-bond donors (Lipinski definition) is 0. The smallest absolute Gasteiger partial charge is 0.160 e. The molecule has 0 aliphatic carbocycles. The van der Waals surface area contributed by atoms with Crippen molar-refractivity contribution in [2.24, 2.45) is 4.99 Å². The fraction of sp³-hybridized carbons (Fsp3) is 0.0323. The predicted octanol–water partition coefficient (Wildman–Crippen LogP) is 15.9. The van der Waals surface area contributed by atoms with E-state index >= 15 is 0 Å². The third kappa shape index (κ3) is 5.71. The van der Waals surface area contributed by atoms with Crippen LogP contribution in [0.1, 0.15) is 11.5 Å². The molecule has 306 valence electrons. The minimum Gasteiger partial charge on any atom is -0.292 e. The van der Waals surface area contributed by atoms with Gasteiger partial charge in [-0.25, -0.2) is 9.97 Å². The van der Waals surface area contributed by atoms with E-state index in [0.717, 1.165) is 62.1 Å². The second kappa shape index (κ2) is 14.5. The van der Waals surface area contributed by atoms with Crippen LogP contribution < -0.4 is 0 Å². The largest absolute Gasteiger partial charge is 0.292 e. The lowest BCUT2D eigenvalue weighted by Gasteiger charge is -2.19. The lowest BCUT2D eigenvalue weighted by atomic mass is 9.86. The predicted molar refractivity (Wildman–Crippen MR) is 277 cm³/mol. The zero-order valence-corrected chi connectivity index (χ0v) is 35.8. The molecule has 0 N–H and O–H groups in total. The standard InChI is InChI=1S/C62H38N4/c1-5-39-15-17-43-23-27-50(52-29-25-41(7-1)56(39)58(43)52)49-33-54(51-28-24-44-18-16-40-6-2-8-42-26-30-53(51)59(44)57(40)42)61-55(34-49)60(45-19-11-37(12-20-45)47-9-3-31-63-35-47)65-62(66-61)46-21-13-38(14-22-46)48-10-4-32-64-36-48/h1-35,48H,36H2. The summed E-state index contributed by atoms with van der Waals surface area (Å²) in [5.41, 5.74) is 11.7. The van der Waals surface area contributed by atoms with Gasteiger partial charge in [0, 0.05) is 53.1 Å². The molecule has 2 aromatic heterocycles. The maximum Gasteiger partial charge on any atom is 0.160 e. The van der Waals surface area contributed by atoms with E-state index in [2.05, 4.69) is 192 Å². The molecule has 66 heavy (non-hydrogen) atoms. The molecule has 1 aliphatic rings. The van der Waals surface area contributed by atoms with Gasteiger partial charge in [0.2, 0.25) is 0 Å². The van der Waals surface area contributed by atoms with Crippen LogP contribution in [-0.4, -0.2) is 27.7 Å². The van der Waals surface area contributed by atoms with Gasteiger partial charge < -0.3 is 0 Å². The molecule has 4 nitrogen and oxygen atoms in total. The van der Waals surface area contributed by atoms with Crippen molar-refractivity contribution in [2.75, 3.05) is 6.54 Å². The highest BCUT2D eigenvalue weighted by molar-refractivity contribution is 6.28. The highest BCUT2D eigenvalue weighted by Gasteiger charge is 2.22. The van der Waals surface area contributed by atoms with Crippen molar-refractivity contribution in [3.8, 4) is 56.0 Å². The van der Waals surface area contributed by atoms with Crippen LogP contribution in [0.4, 0.5) is 0 Å². The first-order valence-electron chi connectivity index (χ1n) is 22.7. The maximum absolute atomic E-state index is 5.63. The molecule has 1 aliphatic heterocycles. The van der Waals surface area contributed by atoms with Crippen LogP contribution in [0.3, 0.4) is 0 Å². The molecule has 0 fully saturated rings. The summed E-state index contributed by atoms with van der Waals surface area (Å²) in [5, 5.41) is 16.1. The summed E-state index contributed by atoms with van der Waals surface area (Å²) in [6, 6.07) is 67.0. The summed E-state index contributed by atoms with van der Waals surface area (Å²) in [7, 11) is 0. The molecule has 1 atom stereocenters. The van der Waals surface area contributed by atoms with E-state index in [4.69, 9.17) is 9.97 Å². The van der Waals surface area contributed by atoms with Crippen LogP contribution >= 0.6 is 0 Å². The number of nitrogens with zero attached hydrogens (tertiary/aromatic N) is 4. The third-order valence-corrected chi connectivity index (χ3v) is 14.0. The molecule has 0 spiro atoms. The van der Waals surface area contributed by atoms with Crippen LogP contribution in [0, 0.1) is 0 Å². The molecule has 13 aromatic rings. The second-order valence-electron chi connectivity index (χ2n) is 17.7. The Kier molecular flexibility index (Phi) is 8.07. The van der Waals surface area contributed by atoms with E-state index < -0.39 is 0 Å². The molecular weight excluding hydrogens is 801 g/mol. The van der Waals surface area contributed by atoms with Crippen molar-refractivity contribution in [2.45, 2.75) is 5.92 Å². The first-order chi connectivity index (χ1) is 32.7. The van der Waals surface area contributed by atoms with Crippen LogP contribution in [0.5, 0.6) is 0 Å². The van der Waals surface area contributed by atoms with Gasteiger partial charge in [0.15, 0.2) is 5.82 Å². The zero-order valence-electron chi connectivity index (χ0n) is 35.8. The van der Waals surface area contributed by atoms with E-state index in [1.165, 1.54) is 75.8 Å². The average molecular weight is 839 g/mol. The minimum atomic E-state index is 0.245. The van der Waals surface area contributed by atoms with Crippen molar-refractivity contribution in [1.82, 2.24) is 15.0 Å². The molecule has 0 saturated heterocycles. The lowest BCUT2D eigenvalue weighted by Crippen LogP contribution is -2.03. The number of benzene rings is 11. The van der Waals surface area contributed by atoms with E-state index in [1.54, 1.807) is 0 Å². The van der Waals surface area contributed by atoms with E-state index in [0.29, 0.717) is 5.82 Å². The number of dihydropyridines is 1. The molecular formula is C62H38N4. The number of hydrogen-bond acceptors (Lipinski definition) is 4. The molecule has 0 amide bonds. The Labute approximate surface area is 380 Å². The zero-order chi connectivity index (χ0) is 43.3. The van der Waals surface area contributed by atoms with E-state index in [-0.39, 0.29) is 5.92 Å². The van der Waals surface area contributed by atoms with Crippen molar-refractivity contribution in [3.63, 3.8) is 0 Å². The fourth-order valence-corrected chi connectivity index (χ4v) is 10.8. The molecule has 11 aromatic carbocycles. The Hall–Kier alpha value is -8.60. The molecule has 0 bridgehead atoms. The average Bonchev–Trinajstić information content (AvgIpc) is 3.39. The van der Waals surface area contributed by atoms with Crippen LogP contribution in [-0.2, 0) is 0 Å². The van der Waals surface area contributed by atoms with E-state index in [9.17, 15) is 0 Å². The number of allylic oxidation sites excluding steroid dienone is 1. The first-order valence-corrected chi connectivity index (χ1v) is 22.7. The Balaban J connectivity index is 1.08. The highest BCUT2D eigenvalue weighted by Crippen LogP contribution is 2.46. The normalized spacial score (nSPS) is 14.0. The highest BCUT2D eigenvalue weighted by atomic mass is 14.9. The Morgan fingerprint density at radius 3 is 1.64 bits per heavy atom. The summed E-state index contributed by atoms with van der Waals surface area (Å²) in [6.07, 6.45) is 9.88. The van der Waals surface area contributed by atoms with Gasteiger partial charge in [0.1, 0.15) is 0 Å². The summed E-state index contributed by atoms with van der Waals surface area (Å²) in [4.78, 5) is 20.1. The van der Waals surface area contributed by atoms with Gasteiger partial charge in [-0.05, 0) is 122 Å². The number of fused-ring (bicyclic) bond motifs is 1. The van der Waals surface area contributed by atoms with Gasteiger partial charge in [-0.1, -0.05) is 170 Å². The molecule has 14 rings (SSSR count). The van der Waals surface area contributed by atoms with Crippen LogP contribution in [0.25, 0.3) is 132 Å². The topological polar surface area (TPSA) is 51.0 Å². The second-order valence-corrected chi connectivity index (χ2v) is 17.7. The van der Waals surface area contributed by atoms with Gasteiger partial charge >= 0.3 is 0 Å². The summed E-state index contributed by atoms with van der Waals surface area (Å²) < 4.78 is 0. The quantitative estimate of drug-likeness (QED) is 0.157. The summed E-state index contributed by atoms with van der Waals surface area (Å²) in [5.74, 6) is 0.932. The van der Waals surface area contributed by atoms with Crippen molar-refractivity contribution >= 4 is 81.8 Å². The molecule has 3 heterocycles. The Morgan fingerprint density at radius 1 is 0.409 bits per heavy atom. The molecule has 1 unspecified atom stereocenters. The monoisotopic (exact) mass is 838 g/mol. The summed E-state index contributed by atoms with van der Waals surface area (Å²) in [6.45, 7) is 0.749. The van der Waals surface area contributed by atoms with Gasteiger partial charge in [-0.3, -0.25) is 9.98 Å². The van der Waals surface area contributed by atoms with Crippen molar-refractivity contribution in [1.29, 1.82) is 0 Å². The fourth-order valence-electron chi connectivity index (χ4n) is 10.8. The number of aliphatic imine (C=N–C) groups is 1. The summed E-state index contributed by atoms with van der Waals surface area (Å²) >= 11 is 0. The van der Waals surface area contributed by atoms with Gasteiger partial charge in [-0.15, -0.1) is 0 Å². The Bertz CT molecular complexity index is 4080. The minimum absolute atomic E-state index is 0.245. The van der Waals surface area contributed by atoms with Crippen LogP contribution in [0.2, 0.25) is 0 Å². The number of pyridine rings is 1. The van der Waals surface area contributed by atoms with Gasteiger partial charge in [-0.2, -0.15) is 0 Å². The van der Waals surface area contributed by atoms with Crippen LogP contribution in [0.15, 0.2) is 212 Å². The number of aromatic nitrogens is 3.